The molecule has 3 N–H and O–H groups in total. The number of halogens is 1. The molecule has 35 heavy (non-hydrogen) atoms. The maximum atomic E-state index is 14.0. The van der Waals surface area contributed by atoms with Crippen LogP contribution in [0, 0.1) is 6.92 Å². The summed E-state index contributed by atoms with van der Waals surface area (Å²) in [5.74, 6) is 0.947. The standard InChI is InChI=1S/C27H25ClN6O/c1-18-7-5-12-23(28)24(18)33-17-20-16-30-26(31-21-9-3-2-4-10-21)32-25(20)34(27(33)35)22-11-6-8-19(15-22)13-14-29/h2-12,15-16H,13-14,17,29H2,1H3,(H,30,31,32). The van der Waals surface area contributed by atoms with Gasteiger partial charge in [-0.05, 0) is 61.3 Å². The molecule has 1 aliphatic rings. The zero-order valence-corrected chi connectivity index (χ0v) is 20.0. The van der Waals surface area contributed by atoms with Crippen molar-refractivity contribution in [3.63, 3.8) is 0 Å². The van der Waals surface area contributed by atoms with Gasteiger partial charge in [0.05, 0.1) is 22.9 Å². The smallest absolute Gasteiger partial charge is 0.330 e. The first-order valence-electron chi connectivity index (χ1n) is 11.4. The molecule has 0 spiro atoms. The van der Waals surface area contributed by atoms with Gasteiger partial charge in [0, 0.05) is 17.4 Å². The normalized spacial score (nSPS) is 13.1. The molecule has 0 saturated carbocycles. The average Bonchev–Trinajstić information content (AvgIpc) is 2.85. The summed E-state index contributed by atoms with van der Waals surface area (Å²) < 4.78 is 0. The van der Waals surface area contributed by atoms with E-state index in [2.05, 4.69) is 10.3 Å². The van der Waals surface area contributed by atoms with E-state index >= 15 is 0 Å². The summed E-state index contributed by atoms with van der Waals surface area (Å²) in [6, 6.07) is 22.9. The van der Waals surface area contributed by atoms with E-state index < -0.39 is 0 Å². The largest absolute Gasteiger partial charge is 0.335 e. The third kappa shape index (κ3) is 4.56. The van der Waals surface area contributed by atoms with E-state index in [4.69, 9.17) is 22.3 Å². The number of nitrogens with zero attached hydrogens (tertiary/aromatic N) is 4. The van der Waals surface area contributed by atoms with Crippen LogP contribution < -0.4 is 20.9 Å². The lowest BCUT2D eigenvalue weighted by Crippen LogP contribution is -2.46. The number of nitrogens with one attached hydrogen (secondary N) is 1. The number of nitrogens with two attached hydrogens (primary N) is 1. The molecule has 176 valence electrons. The number of aromatic nitrogens is 2. The lowest BCUT2D eigenvalue weighted by Gasteiger charge is -2.37. The Kier molecular flexibility index (Phi) is 6.35. The summed E-state index contributed by atoms with van der Waals surface area (Å²) in [4.78, 5) is 26.6. The quantitative estimate of drug-likeness (QED) is 0.352. The van der Waals surface area contributed by atoms with Crippen LogP contribution >= 0.6 is 11.6 Å². The summed E-state index contributed by atoms with van der Waals surface area (Å²) in [5, 5.41) is 3.74. The zero-order chi connectivity index (χ0) is 24.4. The fourth-order valence-corrected chi connectivity index (χ4v) is 4.58. The van der Waals surface area contributed by atoms with Crippen LogP contribution in [-0.2, 0) is 13.0 Å². The topological polar surface area (TPSA) is 87.4 Å². The highest BCUT2D eigenvalue weighted by Crippen LogP contribution is 2.39. The van der Waals surface area contributed by atoms with Crippen molar-refractivity contribution >= 4 is 46.5 Å². The van der Waals surface area contributed by atoms with Crippen molar-refractivity contribution in [1.29, 1.82) is 0 Å². The minimum absolute atomic E-state index is 0.233. The maximum Gasteiger partial charge on any atom is 0.335 e. The molecule has 1 aliphatic heterocycles. The number of aryl methyl sites for hydroxylation is 1. The summed E-state index contributed by atoms with van der Waals surface area (Å²) in [6.07, 6.45) is 2.47. The molecule has 0 atom stereocenters. The zero-order valence-electron chi connectivity index (χ0n) is 19.3. The summed E-state index contributed by atoms with van der Waals surface area (Å²) >= 11 is 6.56. The Morgan fingerprint density at radius 2 is 1.86 bits per heavy atom. The number of benzene rings is 3. The molecule has 1 aromatic heterocycles. The number of carbonyl (C=O) groups excluding carboxylic acids is 1. The molecule has 3 aromatic carbocycles. The second kappa shape index (κ2) is 9.74. The van der Waals surface area contributed by atoms with E-state index in [1.165, 1.54) is 0 Å². The number of urea groups is 1. The number of para-hydroxylation sites is 2. The molecule has 0 radical (unpaired) electrons. The van der Waals surface area contributed by atoms with Crippen molar-refractivity contribution in [3.05, 3.63) is 101 Å². The number of carbonyl (C=O) groups is 1. The van der Waals surface area contributed by atoms with E-state index in [1.54, 1.807) is 22.1 Å². The Balaban J connectivity index is 1.63. The maximum absolute atomic E-state index is 14.0. The number of amides is 2. The van der Waals surface area contributed by atoms with Gasteiger partial charge in [-0.15, -0.1) is 0 Å². The Morgan fingerprint density at radius 3 is 2.63 bits per heavy atom. The van der Waals surface area contributed by atoms with Gasteiger partial charge in [-0.3, -0.25) is 4.90 Å². The number of anilines is 5. The van der Waals surface area contributed by atoms with Crippen LogP contribution in [0.1, 0.15) is 16.7 Å². The van der Waals surface area contributed by atoms with Crippen molar-refractivity contribution in [1.82, 2.24) is 9.97 Å². The molecule has 7 nitrogen and oxygen atoms in total. The molecule has 5 rings (SSSR count). The second-order valence-corrected chi connectivity index (χ2v) is 8.76. The van der Waals surface area contributed by atoms with Crippen LogP contribution in [0.15, 0.2) is 79.0 Å². The predicted octanol–water partition coefficient (Wildman–Crippen LogP) is 5.96. The fourth-order valence-electron chi connectivity index (χ4n) is 4.25. The SMILES string of the molecule is Cc1cccc(Cl)c1N1Cc2cnc(Nc3ccccc3)nc2N(c2cccc(CCN)c2)C1=O. The third-order valence-electron chi connectivity index (χ3n) is 5.89. The van der Waals surface area contributed by atoms with Crippen LogP contribution in [-0.4, -0.2) is 22.5 Å². The summed E-state index contributed by atoms with van der Waals surface area (Å²) in [5.41, 5.74) is 10.8. The predicted molar refractivity (Wildman–Crippen MR) is 141 cm³/mol. The second-order valence-electron chi connectivity index (χ2n) is 8.35. The Morgan fingerprint density at radius 1 is 1.06 bits per heavy atom. The molecule has 8 heteroatoms. The highest BCUT2D eigenvalue weighted by Gasteiger charge is 2.35. The van der Waals surface area contributed by atoms with Gasteiger partial charge in [-0.25, -0.2) is 14.7 Å². The van der Waals surface area contributed by atoms with Gasteiger partial charge in [-0.2, -0.15) is 4.98 Å². The van der Waals surface area contributed by atoms with Gasteiger partial charge in [0.15, 0.2) is 5.82 Å². The molecule has 0 aliphatic carbocycles. The van der Waals surface area contributed by atoms with Crippen molar-refractivity contribution in [2.75, 3.05) is 21.7 Å². The van der Waals surface area contributed by atoms with Gasteiger partial charge < -0.3 is 11.1 Å². The van der Waals surface area contributed by atoms with Gasteiger partial charge in [0.2, 0.25) is 5.95 Å². The van der Waals surface area contributed by atoms with Crippen molar-refractivity contribution in [3.8, 4) is 0 Å². The first-order valence-corrected chi connectivity index (χ1v) is 11.8. The number of hydrogen-bond donors (Lipinski definition) is 2. The number of rotatable bonds is 6. The molecular weight excluding hydrogens is 460 g/mol. The van der Waals surface area contributed by atoms with Gasteiger partial charge in [0.1, 0.15) is 0 Å². The van der Waals surface area contributed by atoms with Crippen LogP contribution in [0.2, 0.25) is 5.02 Å². The number of hydrogen-bond acceptors (Lipinski definition) is 5. The van der Waals surface area contributed by atoms with Crippen LogP contribution in [0.3, 0.4) is 0 Å². The lowest BCUT2D eigenvalue weighted by atomic mass is 10.1. The van der Waals surface area contributed by atoms with E-state index in [9.17, 15) is 4.79 Å². The van der Waals surface area contributed by atoms with Crippen LogP contribution in [0.5, 0.6) is 0 Å². The molecule has 0 bridgehead atoms. The monoisotopic (exact) mass is 484 g/mol. The van der Waals surface area contributed by atoms with E-state index in [-0.39, 0.29) is 6.03 Å². The van der Waals surface area contributed by atoms with Crippen LogP contribution in [0.25, 0.3) is 0 Å². The minimum Gasteiger partial charge on any atom is -0.330 e. The molecular formula is C27H25ClN6O. The van der Waals surface area contributed by atoms with Gasteiger partial charge >= 0.3 is 6.03 Å². The molecule has 0 saturated heterocycles. The third-order valence-corrected chi connectivity index (χ3v) is 6.20. The van der Waals surface area contributed by atoms with Crippen molar-refractivity contribution < 1.29 is 4.79 Å². The fraction of sp³-hybridized carbons (Fsp3) is 0.148. The first kappa shape index (κ1) is 22.8. The Bertz CT molecular complexity index is 1360. The van der Waals surface area contributed by atoms with E-state index in [0.717, 1.165) is 22.4 Å². The van der Waals surface area contributed by atoms with Crippen molar-refractivity contribution in [2.24, 2.45) is 5.73 Å². The molecule has 2 amide bonds. The van der Waals surface area contributed by atoms with Crippen LogP contribution in [0.4, 0.5) is 33.6 Å². The highest BCUT2D eigenvalue weighted by atomic mass is 35.5. The van der Waals surface area contributed by atoms with Crippen molar-refractivity contribution in [2.45, 2.75) is 19.9 Å². The summed E-state index contributed by atoms with van der Waals surface area (Å²) in [6.45, 7) is 2.77. The molecule has 2 heterocycles. The Hall–Kier alpha value is -3.94. The van der Waals surface area contributed by atoms with Gasteiger partial charge in [0.25, 0.3) is 0 Å². The van der Waals surface area contributed by atoms with E-state index in [0.29, 0.717) is 47.7 Å². The molecule has 0 fully saturated rings. The van der Waals surface area contributed by atoms with E-state index in [1.807, 2.05) is 73.7 Å². The molecule has 4 aromatic rings. The summed E-state index contributed by atoms with van der Waals surface area (Å²) in [7, 11) is 0. The van der Waals surface area contributed by atoms with Gasteiger partial charge in [-0.1, -0.05) is 54.1 Å². The average molecular weight is 485 g/mol. The first-order chi connectivity index (χ1) is 17.0. The number of fused-ring (bicyclic) bond motifs is 1. The Labute approximate surface area is 209 Å². The molecule has 0 unspecified atom stereocenters. The lowest BCUT2D eigenvalue weighted by molar-refractivity contribution is 0.252. The minimum atomic E-state index is -0.233. The highest BCUT2D eigenvalue weighted by molar-refractivity contribution is 6.34.